The van der Waals surface area contributed by atoms with E-state index in [4.69, 9.17) is 16.3 Å². The van der Waals surface area contributed by atoms with E-state index in [9.17, 15) is 31.5 Å². The van der Waals surface area contributed by atoms with Crippen LogP contribution in [0, 0.1) is 23.5 Å². The zero-order chi connectivity index (χ0) is 28.9. The fourth-order valence-corrected chi connectivity index (χ4v) is 4.93. The average molecular weight is 575 g/mol. The minimum absolute atomic E-state index is 0.148. The average Bonchev–Trinajstić information content (AvgIpc) is 2.84. The van der Waals surface area contributed by atoms with Gasteiger partial charge in [-0.1, -0.05) is 18.5 Å². The summed E-state index contributed by atoms with van der Waals surface area (Å²) >= 11 is 6.22. The normalized spacial score (nSPS) is 16.1. The van der Waals surface area contributed by atoms with Crippen LogP contribution in [0.5, 0.6) is 5.75 Å². The number of benzene rings is 2. The highest BCUT2D eigenvalue weighted by atomic mass is 35.5. The summed E-state index contributed by atoms with van der Waals surface area (Å²) in [6.45, 7) is 2.74. The number of carbonyl (C=O) groups excluding carboxylic acids is 2. The van der Waals surface area contributed by atoms with Gasteiger partial charge < -0.3 is 14.5 Å². The molecule has 1 saturated heterocycles. The lowest BCUT2D eigenvalue weighted by atomic mass is 9.88. The van der Waals surface area contributed by atoms with E-state index < -0.39 is 35.2 Å². The number of carbonyl (C=O) groups is 2. The van der Waals surface area contributed by atoms with E-state index >= 15 is 0 Å². The van der Waals surface area contributed by atoms with Gasteiger partial charge in [0.25, 0.3) is 5.91 Å². The van der Waals surface area contributed by atoms with Gasteiger partial charge in [-0.3, -0.25) is 9.59 Å². The number of alkyl halides is 3. The first-order valence-corrected chi connectivity index (χ1v) is 13.1. The number of halogens is 6. The number of amides is 2. The maximum atomic E-state index is 13.7. The molecule has 5 nitrogen and oxygen atoms in total. The number of nitrogens with zero attached hydrogens (tertiary/aromatic N) is 2. The maximum Gasteiger partial charge on any atom is 0.404 e. The molecule has 0 unspecified atom stereocenters. The van der Waals surface area contributed by atoms with Crippen LogP contribution in [0.2, 0.25) is 5.02 Å². The first-order valence-electron chi connectivity index (χ1n) is 12.7. The molecular formula is C28H32ClF5N2O3. The first-order chi connectivity index (χ1) is 18.3. The lowest BCUT2D eigenvalue weighted by molar-refractivity contribution is -0.173. The standard InChI is InChI=1S/C28H32ClF5N2O3/c1-17(16-39-22-6-7-23(24(29)15-22)26(37)35(2)3)4-5-18-8-10-36(11-9-18)27(38)25(28(32,33)34)19-12-20(30)14-21(31)13-19/h6-7,12-15,17-18,25H,4-5,8-11,16H2,1-3H3/t17-,25-/m0/s1. The van der Waals surface area contributed by atoms with Crippen molar-refractivity contribution < 1.29 is 36.3 Å². The fourth-order valence-electron chi connectivity index (χ4n) is 4.68. The van der Waals surface area contributed by atoms with E-state index in [2.05, 4.69) is 0 Å². The number of hydrogen-bond donors (Lipinski definition) is 0. The number of piperidine rings is 1. The van der Waals surface area contributed by atoms with E-state index in [0.29, 0.717) is 54.0 Å². The summed E-state index contributed by atoms with van der Waals surface area (Å²) in [5.41, 5.74) is -0.349. The molecule has 11 heteroatoms. The van der Waals surface area contributed by atoms with Gasteiger partial charge in [0.05, 0.1) is 17.2 Å². The SMILES string of the molecule is C[C@@H](CCC1CCN(C(=O)[C@H](c2cc(F)cc(F)c2)C(F)(F)F)CC1)COc1ccc(C(=O)N(C)C)c(Cl)c1. The summed E-state index contributed by atoms with van der Waals surface area (Å²) in [5.74, 6) is -5.37. The van der Waals surface area contributed by atoms with Gasteiger partial charge in [0.15, 0.2) is 5.92 Å². The smallest absolute Gasteiger partial charge is 0.404 e. The highest BCUT2D eigenvalue weighted by Crippen LogP contribution is 2.38. The molecule has 214 valence electrons. The lowest BCUT2D eigenvalue weighted by Gasteiger charge is -2.35. The Morgan fingerprint density at radius 3 is 2.23 bits per heavy atom. The molecule has 1 aliphatic heterocycles. The second-order valence-electron chi connectivity index (χ2n) is 10.3. The maximum absolute atomic E-state index is 13.7. The highest BCUT2D eigenvalue weighted by molar-refractivity contribution is 6.34. The van der Waals surface area contributed by atoms with Gasteiger partial charge in [0, 0.05) is 33.3 Å². The van der Waals surface area contributed by atoms with Crippen molar-refractivity contribution in [3.63, 3.8) is 0 Å². The Morgan fingerprint density at radius 2 is 1.69 bits per heavy atom. The Balaban J connectivity index is 1.48. The minimum Gasteiger partial charge on any atom is -0.493 e. The van der Waals surface area contributed by atoms with Crippen LogP contribution >= 0.6 is 11.6 Å². The van der Waals surface area contributed by atoms with E-state index in [1.807, 2.05) is 6.92 Å². The fraction of sp³-hybridized carbons (Fsp3) is 0.500. The molecule has 0 radical (unpaired) electrons. The minimum atomic E-state index is -4.98. The van der Waals surface area contributed by atoms with Crippen molar-refractivity contribution >= 4 is 23.4 Å². The van der Waals surface area contributed by atoms with Crippen LogP contribution in [0.4, 0.5) is 22.0 Å². The monoisotopic (exact) mass is 574 g/mol. The predicted molar refractivity (Wildman–Crippen MR) is 138 cm³/mol. The zero-order valence-electron chi connectivity index (χ0n) is 22.0. The van der Waals surface area contributed by atoms with Gasteiger partial charge in [-0.15, -0.1) is 0 Å². The van der Waals surface area contributed by atoms with E-state index in [1.165, 1.54) is 4.90 Å². The molecule has 39 heavy (non-hydrogen) atoms. The van der Waals surface area contributed by atoms with Crippen LogP contribution in [0.3, 0.4) is 0 Å². The molecule has 1 heterocycles. The Labute approximate surface area is 229 Å². The summed E-state index contributed by atoms with van der Waals surface area (Å²) in [6, 6.07) is 6.49. The molecule has 0 bridgehead atoms. The molecule has 0 aromatic heterocycles. The summed E-state index contributed by atoms with van der Waals surface area (Å²) in [5, 5.41) is 0.301. The predicted octanol–water partition coefficient (Wildman–Crippen LogP) is 6.70. The van der Waals surface area contributed by atoms with Crippen LogP contribution in [0.15, 0.2) is 36.4 Å². The highest BCUT2D eigenvalue weighted by Gasteiger charge is 2.48. The molecule has 0 saturated carbocycles. The van der Waals surface area contributed by atoms with Crippen molar-refractivity contribution in [2.75, 3.05) is 33.8 Å². The van der Waals surface area contributed by atoms with Crippen LogP contribution in [-0.2, 0) is 4.79 Å². The van der Waals surface area contributed by atoms with E-state index in [-0.39, 0.29) is 30.8 Å². The summed E-state index contributed by atoms with van der Waals surface area (Å²) in [7, 11) is 3.28. The topological polar surface area (TPSA) is 49.9 Å². The third-order valence-electron chi connectivity index (χ3n) is 6.90. The van der Waals surface area contributed by atoms with Crippen LogP contribution in [0.25, 0.3) is 0 Å². The zero-order valence-corrected chi connectivity index (χ0v) is 22.8. The second-order valence-corrected chi connectivity index (χ2v) is 10.7. The first kappa shape index (κ1) is 30.7. The van der Waals surface area contributed by atoms with Gasteiger partial charge >= 0.3 is 6.18 Å². The molecule has 0 spiro atoms. The van der Waals surface area contributed by atoms with Crippen LogP contribution in [0.1, 0.15) is 54.4 Å². The number of hydrogen-bond acceptors (Lipinski definition) is 3. The van der Waals surface area contributed by atoms with Crippen molar-refractivity contribution in [2.24, 2.45) is 11.8 Å². The Hall–Kier alpha value is -2.88. The van der Waals surface area contributed by atoms with Gasteiger partial charge in [-0.25, -0.2) is 8.78 Å². The third-order valence-corrected chi connectivity index (χ3v) is 7.21. The summed E-state index contributed by atoms with van der Waals surface area (Å²) in [4.78, 5) is 27.5. The molecule has 1 aliphatic rings. The molecular weight excluding hydrogens is 543 g/mol. The van der Waals surface area contributed by atoms with Crippen molar-refractivity contribution in [3.8, 4) is 5.75 Å². The van der Waals surface area contributed by atoms with Gasteiger partial charge in [0.2, 0.25) is 5.91 Å². The second kappa shape index (κ2) is 13.0. The van der Waals surface area contributed by atoms with Crippen molar-refractivity contribution in [3.05, 3.63) is 64.2 Å². The number of rotatable bonds is 9. The molecule has 0 aliphatic carbocycles. The number of likely N-dealkylation sites (tertiary alicyclic amines) is 1. The molecule has 2 aromatic rings. The van der Waals surface area contributed by atoms with Gasteiger partial charge in [-0.05, 0) is 73.4 Å². The molecule has 2 amide bonds. The molecule has 0 N–H and O–H groups in total. The molecule has 2 aromatic carbocycles. The van der Waals surface area contributed by atoms with Crippen LogP contribution < -0.4 is 4.74 Å². The quantitative estimate of drug-likeness (QED) is 0.313. The van der Waals surface area contributed by atoms with Crippen LogP contribution in [-0.4, -0.2) is 61.6 Å². The van der Waals surface area contributed by atoms with E-state index in [1.54, 1.807) is 32.3 Å². The van der Waals surface area contributed by atoms with Crippen molar-refractivity contribution in [1.82, 2.24) is 9.80 Å². The van der Waals surface area contributed by atoms with Gasteiger partial charge in [0.1, 0.15) is 17.4 Å². The Kier molecular flexibility index (Phi) is 10.2. The Morgan fingerprint density at radius 1 is 1.08 bits per heavy atom. The van der Waals surface area contributed by atoms with Crippen molar-refractivity contribution in [1.29, 1.82) is 0 Å². The largest absolute Gasteiger partial charge is 0.493 e. The van der Waals surface area contributed by atoms with Crippen molar-refractivity contribution in [2.45, 2.75) is 44.7 Å². The molecule has 3 rings (SSSR count). The summed E-state index contributed by atoms with van der Waals surface area (Å²) < 4.78 is 74.2. The number of ether oxygens (including phenoxy) is 1. The Bertz CT molecular complexity index is 1150. The molecule has 2 atom stereocenters. The molecule has 1 fully saturated rings. The third kappa shape index (κ3) is 8.30. The summed E-state index contributed by atoms with van der Waals surface area (Å²) in [6.07, 6.45) is -2.26. The lowest BCUT2D eigenvalue weighted by Crippen LogP contribution is -2.45. The van der Waals surface area contributed by atoms with Gasteiger partial charge in [-0.2, -0.15) is 13.2 Å². The van der Waals surface area contributed by atoms with E-state index in [0.717, 1.165) is 17.7 Å².